The Labute approximate surface area is 105 Å². The van der Waals surface area contributed by atoms with E-state index in [0.717, 1.165) is 24.4 Å². The molecule has 2 aliphatic rings. The maximum atomic E-state index is 9.39. The third kappa shape index (κ3) is 2.48. The molecule has 4 nitrogen and oxygen atoms in total. The summed E-state index contributed by atoms with van der Waals surface area (Å²) in [5.74, 6) is 0. The third-order valence-electron chi connectivity index (χ3n) is 3.49. The molecule has 0 saturated heterocycles. The molecule has 2 saturated carbocycles. The summed E-state index contributed by atoms with van der Waals surface area (Å²) in [4.78, 5) is 7.34. The van der Waals surface area contributed by atoms with Gasteiger partial charge < -0.3 is 4.98 Å². The van der Waals surface area contributed by atoms with Crippen molar-refractivity contribution in [2.75, 3.05) is 0 Å². The molecule has 0 spiro atoms. The molecule has 0 radical (unpaired) electrons. The molecule has 0 amide bonds. The van der Waals surface area contributed by atoms with E-state index in [1.165, 1.54) is 12.8 Å². The summed E-state index contributed by atoms with van der Waals surface area (Å²) in [6.45, 7) is 0. The molecule has 2 aliphatic carbocycles. The van der Waals surface area contributed by atoms with Crippen LogP contribution in [0.2, 0.25) is 0 Å². The Morgan fingerprint density at radius 2 is 2.41 bits per heavy atom. The largest absolute Gasteiger partial charge is 0.340 e. The molecule has 2 fully saturated rings. The zero-order chi connectivity index (χ0) is 11.7. The Kier molecular flexibility index (Phi) is 2.85. The summed E-state index contributed by atoms with van der Waals surface area (Å²) in [6.07, 6.45) is 9.09. The highest BCUT2D eigenvalue weighted by molar-refractivity contribution is 7.99. The van der Waals surface area contributed by atoms with Crippen molar-refractivity contribution in [3.8, 4) is 6.07 Å². The van der Waals surface area contributed by atoms with Crippen LogP contribution < -0.4 is 5.32 Å². The summed E-state index contributed by atoms with van der Waals surface area (Å²) < 4.78 is 0. The number of thioether (sulfide) groups is 1. The highest BCUT2D eigenvalue weighted by Crippen LogP contribution is 2.40. The lowest BCUT2D eigenvalue weighted by molar-refractivity contribution is 0.420. The maximum Gasteiger partial charge on any atom is 0.165 e. The minimum Gasteiger partial charge on any atom is -0.340 e. The van der Waals surface area contributed by atoms with Crippen molar-refractivity contribution in [1.82, 2.24) is 15.3 Å². The quantitative estimate of drug-likeness (QED) is 0.856. The van der Waals surface area contributed by atoms with Crippen molar-refractivity contribution in [2.45, 2.75) is 54.1 Å². The summed E-state index contributed by atoms with van der Waals surface area (Å²) in [7, 11) is 0. The minimum atomic E-state index is -0.272. The smallest absolute Gasteiger partial charge is 0.165 e. The van der Waals surface area contributed by atoms with Gasteiger partial charge in [-0.25, -0.2) is 4.98 Å². The fraction of sp³-hybridized carbons (Fsp3) is 0.667. The number of hydrogen-bond acceptors (Lipinski definition) is 4. The third-order valence-corrected chi connectivity index (χ3v) is 4.67. The SMILES string of the molecule is N#CC1(NC2CC2)CCC(Sc2ncc[nH]2)C1. The van der Waals surface area contributed by atoms with E-state index >= 15 is 0 Å². The average molecular weight is 248 g/mol. The minimum absolute atomic E-state index is 0.272. The molecule has 3 rings (SSSR count). The molecule has 1 aromatic heterocycles. The van der Waals surface area contributed by atoms with Gasteiger partial charge in [0.1, 0.15) is 5.54 Å². The Balaban J connectivity index is 1.61. The first kappa shape index (κ1) is 11.1. The fourth-order valence-corrected chi connectivity index (χ4v) is 3.63. The van der Waals surface area contributed by atoms with E-state index in [1.807, 2.05) is 6.20 Å². The van der Waals surface area contributed by atoms with E-state index < -0.39 is 0 Å². The van der Waals surface area contributed by atoms with Crippen molar-refractivity contribution in [3.05, 3.63) is 12.4 Å². The van der Waals surface area contributed by atoms with Gasteiger partial charge in [-0.05, 0) is 32.1 Å². The van der Waals surface area contributed by atoms with Crippen molar-refractivity contribution >= 4 is 11.8 Å². The van der Waals surface area contributed by atoms with Gasteiger partial charge in [0.2, 0.25) is 0 Å². The lowest BCUT2D eigenvalue weighted by Gasteiger charge is -2.22. The molecule has 0 aromatic carbocycles. The van der Waals surface area contributed by atoms with Crippen LogP contribution in [0.15, 0.2) is 17.6 Å². The maximum absolute atomic E-state index is 9.39. The molecule has 2 unspecified atom stereocenters. The van der Waals surface area contributed by atoms with E-state index in [0.29, 0.717) is 11.3 Å². The van der Waals surface area contributed by atoms with E-state index in [9.17, 15) is 5.26 Å². The molecule has 2 N–H and O–H groups in total. The van der Waals surface area contributed by atoms with Crippen LogP contribution in [-0.2, 0) is 0 Å². The number of nitrogens with zero attached hydrogens (tertiary/aromatic N) is 2. The topological polar surface area (TPSA) is 64.5 Å². The summed E-state index contributed by atoms with van der Waals surface area (Å²) >= 11 is 1.77. The normalized spacial score (nSPS) is 32.5. The lowest BCUT2D eigenvalue weighted by Crippen LogP contribution is -2.43. The summed E-state index contributed by atoms with van der Waals surface area (Å²) in [6, 6.07) is 3.10. The zero-order valence-corrected chi connectivity index (χ0v) is 10.5. The number of rotatable bonds is 4. The first-order chi connectivity index (χ1) is 8.30. The lowest BCUT2D eigenvalue weighted by atomic mass is 10.00. The highest BCUT2D eigenvalue weighted by Gasteiger charge is 2.43. The molecule has 2 atom stereocenters. The molecule has 0 aliphatic heterocycles. The van der Waals surface area contributed by atoms with Crippen LogP contribution in [0, 0.1) is 11.3 Å². The van der Waals surface area contributed by atoms with Gasteiger partial charge >= 0.3 is 0 Å². The first-order valence-corrected chi connectivity index (χ1v) is 7.03. The van der Waals surface area contributed by atoms with Crippen molar-refractivity contribution < 1.29 is 0 Å². The second-order valence-electron chi connectivity index (χ2n) is 4.99. The monoisotopic (exact) mass is 248 g/mol. The van der Waals surface area contributed by atoms with Crippen molar-refractivity contribution in [1.29, 1.82) is 5.26 Å². The van der Waals surface area contributed by atoms with Crippen LogP contribution in [-0.4, -0.2) is 26.8 Å². The summed E-state index contributed by atoms with van der Waals surface area (Å²) in [5.41, 5.74) is -0.272. The molecule has 90 valence electrons. The Hall–Kier alpha value is -0.990. The standard InChI is InChI=1S/C12H16N4S/c13-8-12(16-9-1-2-9)4-3-10(7-12)17-11-14-5-6-15-11/h5-6,9-10,16H,1-4,7H2,(H,14,15). The van der Waals surface area contributed by atoms with E-state index in [-0.39, 0.29) is 5.54 Å². The second kappa shape index (κ2) is 4.35. The molecule has 5 heteroatoms. The van der Waals surface area contributed by atoms with Crippen LogP contribution in [0.25, 0.3) is 0 Å². The van der Waals surface area contributed by atoms with Gasteiger partial charge in [0.25, 0.3) is 0 Å². The predicted octanol–water partition coefficient (Wildman–Crippen LogP) is 2.07. The second-order valence-corrected chi connectivity index (χ2v) is 6.28. The summed E-state index contributed by atoms with van der Waals surface area (Å²) in [5, 5.41) is 14.4. The van der Waals surface area contributed by atoms with E-state index in [1.54, 1.807) is 18.0 Å². The number of imidazole rings is 1. The molecule has 1 aromatic rings. The highest BCUT2D eigenvalue weighted by atomic mass is 32.2. The van der Waals surface area contributed by atoms with E-state index in [2.05, 4.69) is 21.4 Å². The zero-order valence-electron chi connectivity index (χ0n) is 9.65. The molecular weight excluding hydrogens is 232 g/mol. The van der Waals surface area contributed by atoms with Crippen molar-refractivity contribution in [2.24, 2.45) is 0 Å². The number of hydrogen-bond donors (Lipinski definition) is 2. The van der Waals surface area contributed by atoms with E-state index in [4.69, 9.17) is 0 Å². The van der Waals surface area contributed by atoms with Gasteiger partial charge in [0, 0.05) is 23.7 Å². The van der Waals surface area contributed by atoms with Gasteiger partial charge in [0.05, 0.1) is 6.07 Å². The number of H-pyrrole nitrogens is 1. The van der Waals surface area contributed by atoms with Crippen LogP contribution in [0.5, 0.6) is 0 Å². The molecule has 0 bridgehead atoms. The van der Waals surface area contributed by atoms with Crippen LogP contribution in [0.3, 0.4) is 0 Å². The van der Waals surface area contributed by atoms with Gasteiger partial charge in [0.15, 0.2) is 5.16 Å². The number of aromatic nitrogens is 2. The van der Waals surface area contributed by atoms with Gasteiger partial charge in [-0.1, -0.05) is 11.8 Å². The number of aromatic amines is 1. The Bertz CT molecular complexity index is 420. The van der Waals surface area contributed by atoms with Crippen LogP contribution in [0.1, 0.15) is 32.1 Å². The Morgan fingerprint density at radius 1 is 1.53 bits per heavy atom. The molecule has 17 heavy (non-hydrogen) atoms. The number of nitrogens with one attached hydrogen (secondary N) is 2. The average Bonchev–Trinajstić information content (AvgIpc) is 2.84. The van der Waals surface area contributed by atoms with Crippen molar-refractivity contribution in [3.63, 3.8) is 0 Å². The number of nitriles is 1. The Morgan fingerprint density at radius 3 is 3.06 bits per heavy atom. The van der Waals surface area contributed by atoms with Gasteiger partial charge in [-0.15, -0.1) is 0 Å². The fourth-order valence-electron chi connectivity index (χ4n) is 2.46. The predicted molar refractivity (Wildman–Crippen MR) is 66.6 cm³/mol. The van der Waals surface area contributed by atoms with Crippen LogP contribution >= 0.6 is 11.8 Å². The first-order valence-electron chi connectivity index (χ1n) is 6.15. The van der Waals surface area contributed by atoms with Gasteiger partial charge in [-0.3, -0.25) is 5.32 Å². The van der Waals surface area contributed by atoms with Crippen LogP contribution in [0.4, 0.5) is 0 Å². The molecule has 1 heterocycles. The van der Waals surface area contributed by atoms with Gasteiger partial charge in [-0.2, -0.15) is 5.26 Å². The molecular formula is C12H16N4S.